The number of rotatable bonds is 9. The summed E-state index contributed by atoms with van der Waals surface area (Å²) in [5.74, 6) is -2.32. The quantitative estimate of drug-likeness (QED) is 0.556. The van der Waals surface area contributed by atoms with Crippen LogP contribution >= 0.6 is 0 Å². The average molecular weight is 322 g/mol. The Morgan fingerprint density at radius 1 is 1.17 bits per heavy atom. The van der Waals surface area contributed by atoms with Crippen molar-refractivity contribution in [2.24, 2.45) is 0 Å². The molecule has 7 nitrogen and oxygen atoms in total. The highest BCUT2D eigenvalue weighted by Crippen LogP contribution is 2.24. The molecule has 23 heavy (non-hydrogen) atoms. The summed E-state index contributed by atoms with van der Waals surface area (Å²) in [5.41, 5.74) is 0.284. The number of nitro benzene ring substituents is 1. The van der Waals surface area contributed by atoms with Gasteiger partial charge in [-0.3, -0.25) is 19.7 Å². The lowest BCUT2D eigenvalue weighted by molar-refractivity contribution is -0.384. The normalized spacial score (nSPS) is 11.7. The van der Waals surface area contributed by atoms with Gasteiger partial charge in [0.05, 0.1) is 10.8 Å². The van der Waals surface area contributed by atoms with E-state index in [2.05, 4.69) is 0 Å². The van der Waals surface area contributed by atoms with Gasteiger partial charge in [0, 0.05) is 31.6 Å². The van der Waals surface area contributed by atoms with E-state index in [0.717, 1.165) is 12.8 Å². The molecule has 7 heteroatoms. The number of carboxylic acids is 1. The van der Waals surface area contributed by atoms with Crippen molar-refractivity contribution in [3.05, 3.63) is 39.9 Å². The van der Waals surface area contributed by atoms with Crippen LogP contribution in [0.2, 0.25) is 0 Å². The molecule has 1 aromatic carbocycles. The van der Waals surface area contributed by atoms with Gasteiger partial charge in [0.25, 0.3) is 5.69 Å². The molecule has 0 fully saturated rings. The molecular weight excluding hydrogens is 300 g/mol. The van der Waals surface area contributed by atoms with Gasteiger partial charge in [0.2, 0.25) is 5.91 Å². The maximum atomic E-state index is 12.3. The van der Waals surface area contributed by atoms with Crippen LogP contribution < -0.4 is 0 Å². The number of nitro groups is 1. The third-order valence-corrected chi connectivity index (χ3v) is 3.52. The van der Waals surface area contributed by atoms with E-state index in [1.807, 2.05) is 13.8 Å². The molecule has 0 bridgehead atoms. The average Bonchev–Trinajstić information content (AvgIpc) is 2.52. The van der Waals surface area contributed by atoms with Gasteiger partial charge in [-0.15, -0.1) is 0 Å². The van der Waals surface area contributed by atoms with E-state index in [1.165, 1.54) is 24.3 Å². The van der Waals surface area contributed by atoms with Crippen LogP contribution in [0.25, 0.3) is 0 Å². The largest absolute Gasteiger partial charge is 0.481 e. The molecule has 1 N–H and O–H groups in total. The van der Waals surface area contributed by atoms with E-state index in [4.69, 9.17) is 0 Å². The fourth-order valence-corrected chi connectivity index (χ4v) is 2.38. The van der Waals surface area contributed by atoms with Crippen molar-refractivity contribution in [3.8, 4) is 0 Å². The number of carboxylic acid groups (broad SMARTS) is 1. The zero-order valence-electron chi connectivity index (χ0n) is 13.4. The van der Waals surface area contributed by atoms with E-state index >= 15 is 0 Å². The molecule has 0 aliphatic rings. The minimum Gasteiger partial charge on any atom is -0.481 e. The highest BCUT2D eigenvalue weighted by molar-refractivity contribution is 5.85. The van der Waals surface area contributed by atoms with Gasteiger partial charge in [-0.05, 0) is 18.4 Å². The Labute approximate surface area is 135 Å². The molecule has 1 unspecified atom stereocenters. The summed E-state index contributed by atoms with van der Waals surface area (Å²) in [7, 11) is 0. The summed E-state index contributed by atoms with van der Waals surface area (Å²) < 4.78 is 0. The maximum Gasteiger partial charge on any atom is 0.311 e. The first kappa shape index (κ1) is 18.6. The van der Waals surface area contributed by atoms with Crippen molar-refractivity contribution in [2.45, 2.75) is 39.0 Å². The number of hydrogen-bond acceptors (Lipinski definition) is 4. The van der Waals surface area contributed by atoms with Crippen LogP contribution in [0.1, 0.15) is 44.6 Å². The van der Waals surface area contributed by atoms with Crippen LogP contribution in [0, 0.1) is 10.1 Å². The predicted octanol–water partition coefficient (Wildman–Crippen LogP) is 2.80. The van der Waals surface area contributed by atoms with Crippen LogP contribution in [0.3, 0.4) is 0 Å². The summed E-state index contributed by atoms with van der Waals surface area (Å²) in [6.07, 6.45) is 1.47. The third kappa shape index (κ3) is 5.36. The van der Waals surface area contributed by atoms with E-state index in [9.17, 15) is 24.8 Å². The molecule has 0 saturated carbocycles. The van der Waals surface area contributed by atoms with Crippen LogP contribution in [0.5, 0.6) is 0 Å². The highest BCUT2D eigenvalue weighted by Gasteiger charge is 2.26. The summed E-state index contributed by atoms with van der Waals surface area (Å²) in [6, 6.07) is 5.31. The molecule has 0 spiro atoms. The molecule has 0 radical (unpaired) electrons. The molecule has 0 aliphatic heterocycles. The highest BCUT2D eigenvalue weighted by atomic mass is 16.6. The second kappa shape index (κ2) is 8.87. The Morgan fingerprint density at radius 3 is 2.09 bits per heavy atom. The second-order valence-electron chi connectivity index (χ2n) is 5.32. The first-order valence-electron chi connectivity index (χ1n) is 7.65. The number of aliphatic carboxylic acids is 1. The maximum absolute atomic E-state index is 12.3. The Balaban J connectivity index is 2.91. The zero-order chi connectivity index (χ0) is 17.4. The first-order valence-corrected chi connectivity index (χ1v) is 7.65. The number of nitrogens with zero attached hydrogens (tertiary/aromatic N) is 2. The number of carbonyl (C=O) groups excluding carboxylic acids is 1. The van der Waals surface area contributed by atoms with Gasteiger partial charge < -0.3 is 10.0 Å². The topological polar surface area (TPSA) is 101 Å². The third-order valence-electron chi connectivity index (χ3n) is 3.52. The molecule has 1 amide bonds. The van der Waals surface area contributed by atoms with Crippen molar-refractivity contribution in [1.29, 1.82) is 0 Å². The molecule has 126 valence electrons. The summed E-state index contributed by atoms with van der Waals surface area (Å²) >= 11 is 0. The van der Waals surface area contributed by atoms with Gasteiger partial charge in [0.15, 0.2) is 0 Å². The minimum absolute atomic E-state index is 0.109. The van der Waals surface area contributed by atoms with E-state index < -0.39 is 16.8 Å². The van der Waals surface area contributed by atoms with Crippen LogP contribution in [0.15, 0.2) is 24.3 Å². The van der Waals surface area contributed by atoms with Crippen LogP contribution in [0.4, 0.5) is 5.69 Å². The minimum atomic E-state index is -1.11. The number of carbonyl (C=O) groups is 2. The Hall–Kier alpha value is -2.44. The summed E-state index contributed by atoms with van der Waals surface area (Å²) in [4.78, 5) is 35.6. The molecule has 0 saturated heterocycles. The van der Waals surface area contributed by atoms with Crippen LogP contribution in [-0.2, 0) is 9.59 Å². The Bertz CT molecular complexity index is 550. The fraction of sp³-hybridized carbons (Fsp3) is 0.500. The molecule has 0 heterocycles. The second-order valence-corrected chi connectivity index (χ2v) is 5.32. The van der Waals surface area contributed by atoms with Crippen molar-refractivity contribution >= 4 is 17.6 Å². The van der Waals surface area contributed by atoms with Gasteiger partial charge in [-0.2, -0.15) is 0 Å². The number of hydrogen-bond donors (Lipinski definition) is 1. The number of non-ortho nitro benzene ring substituents is 1. The first-order chi connectivity index (χ1) is 10.9. The van der Waals surface area contributed by atoms with Gasteiger partial charge in [0.1, 0.15) is 0 Å². The fourth-order valence-electron chi connectivity index (χ4n) is 2.38. The van der Waals surface area contributed by atoms with Crippen molar-refractivity contribution in [1.82, 2.24) is 4.90 Å². The van der Waals surface area contributed by atoms with E-state index in [1.54, 1.807) is 4.90 Å². The van der Waals surface area contributed by atoms with Gasteiger partial charge in [-0.25, -0.2) is 0 Å². The molecule has 0 aromatic heterocycles. The predicted molar refractivity (Wildman–Crippen MR) is 85.3 cm³/mol. The molecule has 1 rings (SSSR count). The number of amides is 1. The monoisotopic (exact) mass is 322 g/mol. The van der Waals surface area contributed by atoms with E-state index in [0.29, 0.717) is 18.7 Å². The lowest BCUT2D eigenvalue weighted by Gasteiger charge is -2.23. The summed E-state index contributed by atoms with van der Waals surface area (Å²) in [5, 5.41) is 20.0. The Kier molecular flexibility index (Phi) is 7.18. The number of benzene rings is 1. The van der Waals surface area contributed by atoms with Crippen molar-refractivity contribution < 1.29 is 19.6 Å². The van der Waals surface area contributed by atoms with Gasteiger partial charge in [-0.1, -0.05) is 26.0 Å². The van der Waals surface area contributed by atoms with E-state index in [-0.39, 0.29) is 18.0 Å². The Morgan fingerprint density at radius 2 is 1.70 bits per heavy atom. The smallest absolute Gasteiger partial charge is 0.311 e. The zero-order valence-corrected chi connectivity index (χ0v) is 13.4. The summed E-state index contributed by atoms with van der Waals surface area (Å²) in [6.45, 7) is 5.11. The SMILES string of the molecule is CCCN(CCC)C(=O)CC(C(=O)O)c1ccc([N+](=O)[O-])cc1. The van der Waals surface area contributed by atoms with Crippen molar-refractivity contribution in [3.63, 3.8) is 0 Å². The molecular formula is C16H22N2O5. The van der Waals surface area contributed by atoms with Crippen molar-refractivity contribution in [2.75, 3.05) is 13.1 Å². The lowest BCUT2D eigenvalue weighted by atomic mass is 9.95. The van der Waals surface area contributed by atoms with Crippen LogP contribution in [-0.4, -0.2) is 39.9 Å². The lowest BCUT2D eigenvalue weighted by Crippen LogP contribution is -2.34. The van der Waals surface area contributed by atoms with Gasteiger partial charge >= 0.3 is 5.97 Å². The molecule has 1 aromatic rings. The molecule has 0 aliphatic carbocycles. The standard InChI is InChI=1S/C16H22N2O5/c1-3-9-17(10-4-2)15(19)11-14(16(20)21)12-5-7-13(8-6-12)18(22)23/h5-8,14H,3-4,9-11H2,1-2H3,(H,20,21). The molecule has 1 atom stereocenters.